The third-order valence-electron chi connectivity index (χ3n) is 3.35. The molecular weight excluding hydrogens is 296 g/mol. The van der Waals surface area contributed by atoms with E-state index in [9.17, 15) is 30.3 Å². The maximum absolute atomic E-state index is 11.2. The van der Waals surface area contributed by atoms with Crippen LogP contribution in [-0.2, 0) is 4.79 Å². The highest BCUT2D eigenvalue weighted by atomic mass is 79.9. The molecule has 6 nitrogen and oxygen atoms in total. The summed E-state index contributed by atoms with van der Waals surface area (Å²) in [6.07, 6.45) is -3.09. The lowest BCUT2D eigenvalue weighted by Gasteiger charge is -2.48. The Bertz CT molecular complexity index is 297. The van der Waals surface area contributed by atoms with E-state index in [1.54, 1.807) is 0 Å². The smallest absolute Gasteiger partial charge is 0.232 e. The number of rotatable bonds is 5. The molecule has 5 atom stereocenters. The molecule has 0 aliphatic carbocycles. The third kappa shape index (κ3) is 2.69. The number of aliphatic hydroxyl groups is 5. The first-order chi connectivity index (χ1) is 7.30. The van der Waals surface area contributed by atoms with Crippen LogP contribution in [0.1, 0.15) is 27.7 Å². The van der Waals surface area contributed by atoms with E-state index in [-0.39, 0.29) is 0 Å². The average Bonchev–Trinajstić information content (AvgIpc) is 2.15. The second kappa shape index (κ2) is 4.91. The number of carbonyl (C=O) groups excluding carboxylic acids is 1. The first-order valence-electron chi connectivity index (χ1n) is 5.03. The van der Waals surface area contributed by atoms with Crippen molar-refractivity contribution in [3.8, 4) is 0 Å². The molecule has 0 radical (unpaired) electrons. The Morgan fingerprint density at radius 3 is 1.71 bits per heavy atom. The van der Waals surface area contributed by atoms with Crippen molar-refractivity contribution in [2.24, 2.45) is 0 Å². The number of hydrogen-bond donors (Lipinski definition) is 5. The Morgan fingerprint density at radius 2 is 1.47 bits per heavy atom. The van der Waals surface area contributed by atoms with E-state index in [0.717, 1.165) is 20.8 Å². The van der Waals surface area contributed by atoms with Crippen molar-refractivity contribution in [2.75, 3.05) is 0 Å². The molecule has 0 fully saturated rings. The van der Waals surface area contributed by atoms with E-state index in [1.807, 2.05) is 0 Å². The summed E-state index contributed by atoms with van der Waals surface area (Å²) in [4.78, 5) is 11.2. The van der Waals surface area contributed by atoms with Crippen LogP contribution in [0.25, 0.3) is 0 Å². The molecule has 102 valence electrons. The predicted molar refractivity (Wildman–Crippen MR) is 63.5 cm³/mol. The molecule has 0 aromatic heterocycles. The lowest BCUT2D eigenvalue weighted by atomic mass is 9.70. The molecule has 0 saturated carbocycles. The minimum atomic E-state index is -2.38. The summed E-state index contributed by atoms with van der Waals surface area (Å²) in [5.74, 6) is 0. The second-order valence-electron chi connectivity index (χ2n) is 4.75. The van der Waals surface area contributed by atoms with Gasteiger partial charge >= 0.3 is 0 Å². The molecule has 0 aliphatic heterocycles. The van der Waals surface area contributed by atoms with Crippen LogP contribution < -0.4 is 0 Å². The largest absolute Gasteiger partial charge is 0.391 e. The standard InChI is InChI=1S/C10H19BrO6/c1-5(12)6(13)8(2,15)10(4,17)9(3,16)7(11)14/h5-6,12-13,15-17H,1-4H3/t5?,6-,8-,9+,10+/m1/s1. The highest BCUT2D eigenvalue weighted by Crippen LogP contribution is 2.37. The van der Waals surface area contributed by atoms with Crippen LogP contribution >= 0.6 is 15.9 Å². The molecule has 17 heavy (non-hydrogen) atoms. The quantitative estimate of drug-likeness (QED) is 0.411. The molecule has 0 aromatic carbocycles. The Kier molecular flexibility index (Phi) is 4.89. The molecule has 0 aliphatic rings. The monoisotopic (exact) mass is 314 g/mol. The van der Waals surface area contributed by atoms with Crippen LogP contribution in [0.15, 0.2) is 0 Å². The van der Waals surface area contributed by atoms with Gasteiger partial charge in [-0.1, -0.05) is 0 Å². The van der Waals surface area contributed by atoms with Gasteiger partial charge in [0.15, 0.2) is 5.60 Å². The lowest BCUT2D eigenvalue weighted by Crippen LogP contribution is -2.71. The molecule has 0 heterocycles. The summed E-state index contributed by atoms with van der Waals surface area (Å²) in [7, 11) is 0. The van der Waals surface area contributed by atoms with E-state index >= 15 is 0 Å². The molecule has 0 rings (SSSR count). The topological polar surface area (TPSA) is 118 Å². The third-order valence-corrected chi connectivity index (χ3v) is 4.12. The van der Waals surface area contributed by atoms with Crippen molar-refractivity contribution in [3.05, 3.63) is 0 Å². The van der Waals surface area contributed by atoms with Gasteiger partial charge in [-0.05, 0) is 43.6 Å². The average molecular weight is 315 g/mol. The second-order valence-corrected chi connectivity index (χ2v) is 5.47. The van der Waals surface area contributed by atoms with Crippen LogP contribution in [0.2, 0.25) is 0 Å². The van der Waals surface area contributed by atoms with Gasteiger partial charge < -0.3 is 25.5 Å². The highest BCUT2D eigenvalue weighted by Gasteiger charge is 2.60. The SMILES string of the molecule is CC(O)[C@@H](O)[C@@](C)(O)[C@](C)(O)[C@@](C)(O)C(=O)Br. The molecular formula is C10H19BrO6. The van der Waals surface area contributed by atoms with E-state index in [4.69, 9.17) is 0 Å². The molecule has 0 spiro atoms. The van der Waals surface area contributed by atoms with E-state index in [1.165, 1.54) is 6.92 Å². The first kappa shape index (κ1) is 16.9. The number of halogens is 1. The Morgan fingerprint density at radius 1 is 1.12 bits per heavy atom. The van der Waals surface area contributed by atoms with Gasteiger partial charge in [-0.3, -0.25) is 4.79 Å². The Balaban J connectivity index is 5.52. The van der Waals surface area contributed by atoms with Gasteiger partial charge in [0, 0.05) is 0 Å². The number of hydrogen-bond acceptors (Lipinski definition) is 6. The summed E-state index contributed by atoms with van der Waals surface area (Å²) in [5, 5.41) is 49.0. The Labute approximate surface area is 108 Å². The van der Waals surface area contributed by atoms with Crippen LogP contribution in [0.3, 0.4) is 0 Å². The summed E-state index contributed by atoms with van der Waals surface area (Å²) in [5.41, 5.74) is -7.02. The maximum atomic E-state index is 11.2. The van der Waals surface area contributed by atoms with Gasteiger partial charge in [0.2, 0.25) is 4.69 Å². The van der Waals surface area contributed by atoms with Gasteiger partial charge in [0.05, 0.1) is 6.10 Å². The molecule has 0 aromatic rings. The number of carbonyl (C=O) groups is 1. The maximum Gasteiger partial charge on any atom is 0.232 e. The minimum absolute atomic E-state index is 0.951. The van der Waals surface area contributed by atoms with Crippen molar-refractivity contribution in [2.45, 2.75) is 56.7 Å². The fourth-order valence-corrected chi connectivity index (χ4v) is 1.83. The van der Waals surface area contributed by atoms with Gasteiger partial charge in [-0.15, -0.1) is 0 Å². The van der Waals surface area contributed by atoms with Gasteiger partial charge in [-0.2, -0.15) is 0 Å². The Hall–Kier alpha value is -0.0500. The molecule has 1 unspecified atom stereocenters. The number of aliphatic hydroxyl groups excluding tert-OH is 2. The van der Waals surface area contributed by atoms with E-state index in [2.05, 4.69) is 15.9 Å². The van der Waals surface area contributed by atoms with Crippen LogP contribution in [0, 0.1) is 0 Å². The fourth-order valence-electron chi connectivity index (χ4n) is 1.44. The summed E-state index contributed by atoms with van der Waals surface area (Å²) < 4.78 is -0.951. The summed E-state index contributed by atoms with van der Waals surface area (Å²) >= 11 is 2.51. The zero-order valence-electron chi connectivity index (χ0n) is 10.2. The zero-order chi connectivity index (χ0) is 14.2. The highest BCUT2D eigenvalue weighted by molar-refractivity contribution is 9.18. The van der Waals surface area contributed by atoms with Gasteiger partial charge in [0.25, 0.3) is 0 Å². The van der Waals surface area contributed by atoms with Crippen molar-refractivity contribution in [1.29, 1.82) is 0 Å². The van der Waals surface area contributed by atoms with Crippen LogP contribution in [-0.4, -0.2) is 59.2 Å². The van der Waals surface area contributed by atoms with E-state index in [0.29, 0.717) is 0 Å². The summed E-state index contributed by atoms with van der Waals surface area (Å²) in [6, 6.07) is 0. The normalized spacial score (nSPS) is 26.2. The van der Waals surface area contributed by atoms with Crippen LogP contribution in [0.5, 0.6) is 0 Å². The molecule has 0 saturated heterocycles. The molecule has 7 heteroatoms. The van der Waals surface area contributed by atoms with Crippen LogP contribution in [0.4, 0.5) is 0 Å². The molecule has 0 bridgehead atoms. The van der Waals surface area contributed by atoms with Crippen molar-refractivity contribution in [1.82, 2.24) is 0 Å². The molecule has 0 amide bonds. The predicted octanol–water partition coefficient (Wildman–Crippen LogP) is -1.10. The van der Waals surface area contributed by atoms with Crippen molar-refractivity contribution in [3.63, 3.8) is 0 Å². The fraction of sp³-hybridized carbons (Fsp3) is 0.900. The van der Waals surface area contributed by atoms with Crippen molar-refractivity contribution < 1.29 is 30.3 Å². The zero-order valence-corrected chi connectivity index (χ0v) is 11.8. The minimum Gasteiger partial charge on any atom is -0.391 e. The molecule has 5 N–H and O–H groups in total. The summed E-state index contributed by atoms with van der Waals surface area (Å²) in [6.45, 7) is 4.22. The van der Waals surface area contributed by atoms with Crippen molar-refractivity contribution >= 4 is 20.6 Å². The van der Waals surface area contributed by atoms with E-state index < -0.39 is 33.7 Å². The van der Waals surface area contributed by atoms with Gasteiger partial charge in [0.1, 0.15) is 17.3 Å². The first-order valence-corrected chi connectivity index (χ1v) is 5.82. The lowest BCUT2D eigenvalue weighted by molar-refractivity contribution is -0.256. The van der Waals surface area contributed by atoms with Gasteiger partial charge in [-0.25, -0.2) is 0 Å².